The Balaban J connectivity index is -0.000000352. The van der Waals surface area contributed by atoms with Gasteiger partial charge in [0, 0.05) is 6.08 Å². The Hall–Kier alpha value is -0.0700. The lowest BCUT2D eigenvalue weighted by molar-refractivity contribution is -0.134. The Kier molecular flexibility index (Phi) is 26.5. The van der Waals surface area contributed by atoms with Crippen molar-refractivity contribution in [2.75, 3.05) is 25.6 Å². The van der Waals surface area contributed by atoms with Crippen LogP contribution in [0, 0.1) is 0 Å². The Morgan fingerprint density at radius 3 is 1.50 bits per heavy atom. The summed E-state index contributed by atoms with van der Waals surface area (Å²) in [5.41, 5.74) is 0. The van der Waals surface area contributed by atoms with Crippen LogP contribution in [0.25, 0.3) is 0 Å². The van der Waals surface area contributed by atoms with Crippen LogP contribution in [-0.4, -0.2) is 31.6 Å². The summed E-state index contributed by atoms with van der Waals surface area (Å²) in [6.07, 6.45) is 14.3. The molecule has 0 aliphatic carbocycles. The Morgan fingerprint density at radius 1 is 1.00 bits per heavy atom. The highest BCUT2D eigenvalue weighted by Crippen LogP contribution is 2.38. The van der Waals surface area contributed by atoms with Crippen molar-refractivity contribution >= 4 is 26.3 Å². The number of hydrogen-bond donors (Lipinski definition) is 0. The summed E-state index contributed by atoms with van der Waals surface area (Å²) >= 11 is 0. The molecule has 4 heteroatoms. The van der Waals surface area contributed by atoms with E-state index in [2.05, 4.69) is 32.1 Å². The summed E-state index contributed by atoms with van der Waals surface area (Å²) in [6, 6.07) is 0. The maximum absolute atomic E-state index is 9.84. The molecule has 0 rings (SSSR count). The van der Waals surface area contributed by atoms with Crippen molar-refractivity contribution in [3.63, 3.8) is 0 Å². The van der Waals surface area contributed by atoms with Gasteiger partial charge in [0.1, 0.15) is 0 Å². The zero-order chi connectivity index (χ0) is 14.9. The molecule has 2 nitrogen and oxygen atoms in total. The van der Waals surface area contributed by atoms with Crippen molar-refractivity contribution in [1.82, 2.24) is 0 Å². The van der Waals surface area contributed by atoms with Crippen molar-refractivity contribution in [2.45, 2.75) is 59.3 Å². The predicted octanol–water partition coefficient (Wildman–Crippen LogP) is 5.64. The fraction of sp³-hybridized carbons (Fsp3) is 0.812. The van der Waals surface area contributed by atoms with E-state index in [1.54, 1.807) is 18.5 Å². The van der Waals surface area contributed by atoms with Gasteiger partial charge in [0.2, 0.25) is 0 Å². The quantitative estimate of drug-likeness (QED) is 0.295. The molecule has 0 atom stereocenters. The van der Waals surface area contributed by atoms with E-state index in [4.69, 9.17) is 0 Å². The fourth-order valence-corrected chi connectivity index (χ4v) is 4.53. The van der Waals surface area contributed by atoms with Gasteiger partial charge < -0.3 is 4.74 Å². The molecule has 0 amide bonds. The van der Waals surface area contributed by atoms with Crippen molar-refractivity contribution in [3.8, 4) is 0 Å². The van der Waals surface area contributed by atoms with E-state index in [1.807, 2.05) is 0 Å². The first-order chi connectivity index (χ1) is 9.15. The number of hydrogen-bond acceptors (Lipinski definition) is 2. The second-order valence-electron chi connectivity index (χ2n) is 4.63. The lowest BCUT2D eigenvalue weighted by Crippen LogP contribution is -1.95. The van der Waals surface area contributed by atoms with E-state index in [-0.39, 0.29) is 12.4 Å². The zero-order valence-corrected chi connectivity index (χ0v) is 15.5. The van der Waals surface area contributed by atoms with Gasteiger partial charge in [0.25, 0.3) is 0 Å². The van der Waals surface area contributed by atoms with Gasteiger partial charge in [0.15, 0.2) is 0 Å². The van der Waals surface area contributed by atoms with Crippen molar-refractivity contribution < 1.29 is 9.53 Å². The normalized spacial score (nSPS) is 9.25. The number of halogens is 1. The number of unbranched alkanes of at least 4 members (excludes halogenated alkanes) is 3. The van der Waals surface area contributed by atoms with E-state index in [1.165, 1.54) is 45.6 Å². The molecule has 0 aromatic carbocycles. The lowest BCUT2D eigenvalue weighted by atomic mass is 10.4. The maximum Gasteiger partial charge on any atom is 0.329 e. The molecular weight excluding hydrogens is 291 g/mol. The van der Waals surface area contributed by atoms with Crippen LogP contribution in [-0.2, 0) is 9.53 Å². The topological polar surface area (TPSA) is 26.3 Å². The first-order valence-electron chi connectivity index (χ1n) is 7.58. The van der Waals surface area contributed by atoms with Gasteiger partial charge in [-0.3, -0.25) is 0 Å². The zero-order valence-electron chi connectivity index (χ0n) is 13.8. The fourth-order valence-electron chi connectivity index (χ4n) is 1.56. The van der Waals surface area contributed by atoms with E-state index in [9.17, 15) is 4.79 Å². The minimum absolute atomic E-state index is 0. The van der Waals surface area contributed by atoms with E-state index >= 15 is 0 Å². The molecule has 0 aromatic rings. The van der Waals surface area contributed by atoms with Crippen molar-refractivity contribution in [3.05, 3.63) is 12.7 Å². The molecule has 0 unspecified atom stereocenters. The molecule has 0 radical (unpaired) electrons. The second kappa shape index (κ2) is 21.2. The number of rotatable bonds is 10. The van der Waals surface area contributed by atoms with Crippen LogP contribution in [0.5, 0.6) is 0 Å². The SMILES string of the molecule is C=CC(=O)OC.CCCCP(CCCC)CCCC.Cl. The van der Waals surface area contributed by atoms with Crippen LogP contribution < -0.4 is 0 Å². The minimum atomic E-state index is -0.394. The Labute approximate surface area is 133 Å². The molecule has 0 spiro atoms. The second-order valence-corrected chi connectivity index (χ2v) is 7.31. The van der Waals surface area contributed by atoms with Crippen LogP contribution >= 0.6 is 20.3 Å². The summed E-state index contributed by atoms with van der Waals surface area (Å²) < 4.78 is 4.14. The van der Waals surface area contributed by atoms with Gasteiger partial charge in [0.05, 0.1) is 7.11 Å². The number of carbonyl (C=O) groups is 1. The van der Waals surface area contributed by atoms with Crippen LogP contribution in [0.2, 0.25) is 0 Å². The van der Waals surface area contributed by atoms with Crippen molar-refractivity contribution in [1.29, 1.82) is 0 Å². The average Bonchev–Trinajstić information content (AvgIpc) is 2.46. The van der Waals surface area contributed by atoms with E-state index in [0.29, 0.717) is 7.92 Å². The molecule has 0 saturated carbocycles. The van der Waals surface area contributed by atoms with Crippen LogP contribution in [0.15, 0.2) is 12.7 Å². The largest absolute Gasteiger partial charge is 0.466 e. The Morgan fingerprint density at radius 2 is 1.35 bits per heavy atom. The first kappa shape index (κ1) is 24.9. The molecule has 0 aliphatic heterocycles. The highest BCUT2D eigenvalue weighted by molar-refractivity contribution is 7.57. The molecule has 20 heavy (non-hydrogen) atoms. The van der Waals surface area contributed by atoms with Crippen LogP contribution in [0.1, 0.15) is 59.3 Å². The van der Waals surface area contributed by atoms with Gasteiger partial charge >= 0.3 is 5.97 Å². The summed E-state index contributed by atoms with van der Waals surface area (Å²) in [5, 5.41) is 0. The average molecular weight is 325 g/mol. The number of carbonyl (C=O) groups excluding carboxylic acids is 1. The molecule has 0 aliphatic rings. The predicted molar refractivity (Wildman–Crippen MR) is 95.7 cm³/mol. The lowest BCUT2D eigenvalue weighted by Gasteiger charge is -2.16. The third kappa shape index (κ3) is 20.3. The molecule has 0 aromatic heterocycles. The molecule has 122 valence electrons. The standard InChI is InChI=1S/C12H27P.C4H6O2.ClH/c1-4-7-10-13(11-8-5-2)12-9-6-3;1-3-4(5)6-2;/h4-12H2,1-3H3;3H,1H2,2H3;1H. The molecule has 0 fully saturated rings. The van der Waals surface area contributed by atoms with E-state index in [0.717, 1.165) is 6.08 Å². The highest BCUT2D eigenvalue weighted by atomic mass is 35.5. The minimum Gasteiger partial charge on any atom is -0.466 e. The summed E-state index contributed by atoms with van der Waals surface area (Å²) in [7, 11) is 1.73. The van der Waals surface area contributed by atoms with Crippen LogP contribution in [0.3, 0.4) is 0 Å². The number of ether oxygens (including phenoxy) is 1. The third-order valence-electron chi connectivity index (χ3n) is 2.85. The first-order valence-corrected chi connectivity index (χ1v) is 9.48. The molecule has 0 heterocycles. The highest BCUT2D eigenvalue weighted by Gasteiger charge is 2.05. The molecule has 0 saturated heterocycles. The summed E-state index contributed by atoms with van der Waals surface area (Å²) in [4.78, 5) is 9.84. The maximum atomic E-state index is 9.84. The third-order valence-corrected chi connectivity index (χ3v) is 5.70. The van der Waals surface area contributed by atoms with Gasteiger partial charge in [-0.1, -0.05) is 46.6 Å². The van der Waals surface area contributed by atoms with Crippen molar-refractivity contribution in [2.24, 2.45) is 0 Å². The summed E-state index contributed by atoms with van der Waals surface area (Å²) in [6.45, 7) is 10.1. The Bertz CT molecular complexity index is 192. The van der Waals surface area contributed by atoms with Gasteiger partial charge in [-0.15, -0.1) is 20.3 Å². The van der Waals surface area contributed by atoms with Crippen LogP contribution in [0.4, 0.5) is 0 Å². The van der Waals surface area contributed by atoms with E-state index < -0.39 is 5.97 Å². The van der Waals surface area contributed by atoms with Gasteiger partial charge in [-0.2, -0.15) is 0 Å². The molecular formula is C16H34ClO2P. The number of esters is 1. The molecule has 0 N–H and O–H groups in total. The van der Waals surface area contributed by atoms with Gasteiger partial charge in [-0.05, 0) is 37.7 Å². The van der Waals surface area contributed by atoms with Gasteiger partial charge in [-0.25, -0.2) is 4.79 Å². The smallest absolute Gasteiger partial charge is 0.329 e. The molecule has 0 bridgehead atoms. The monoisotopic (exact) mass is 324 g/mol. The summed E-state index contributed by atoms with van der Waals surface area (Å²) in [5.74, 6) is -0.394. The number of methoxy groups -OCH3 is 1.